The van der Waals surface area contributed by atoms with Gasteiger partial charge in [-0.05, 0) is 24.6 Å². The van der Waals surface area contributed by atoms with E-state index >= 15 is 0 Å². The third-order valence-electron chi connectivity index (χ3n) is 3.83. The van der Waals surface area contributed by atoms with Crippen molar-refractivity contribution in [3.63, 3.8) is 0 Å². The van der Waals surface area contributed by atoms with Crippen molar-refractivity contribution in [2.24, 2.45) is 0 Å². The average molecular weight is 310 g/mol. The molecule has 5 heteroatoms. The molecule has 0 aliphatic carbocycles. The molecule has 0 atom stereocenters. The quantitative estimate of drug-likeness (QED) is 0.874. The topological polar surface area (TPSA) is 46.3 Å². The fourth-order valence-electron chi connectivity index (χ4n) is 2.64. The summed E-state index contributed by atoms with van der Waals surface area (Å²) < 4.78 is 11.2. The Labute approximate surface area is 135 Å². The Hall–Kier alpha value is -2.71. The van der Waals surface area contributed by atoms with Crippen LogP contribution < -0.4 is 9.64 Å². The number of aryl methyl sites for hydroxylation is 1. The lowest BCUT2D eigenvalue weighted by molar-refractivity contribution is 0.122. The standard InChI is InChI=1S/C18H18N2O3/c1-13-11-16(21)18(12-15(13)20-7-9-22-10-8-20)23-17-6-4-3-5-14(17)19-2/h3-6,11-12,21H,7-10H2,1H3. The Morgan fingerprint density at radius 2 is 1.91 bits per heavy atom. The van der Waals surface area contributed by atoms with Gasteiger partial charge in [0.15, 0.2) is 11.5 Å². The fourth-order valence-corrected chi connectivity index (χ4v) is 2.64. The minimum absolute atomic E-state index is 0.0688. The highest BCUT2D eigenvalue weighted by molar-refractivity contribution is 5.64. The molecule has 0 amide bonds. The van der Waals surface area contributed by atoms with Crippen LogP contribution in [0, 0.1) is 13.5 Å². The molecule has 5 nitrogen and oxygen atoms in total. The number of nitrogens with zero attached hydrogens (tertiary/aromatic N) is 2. The number of anilines is 1. The zero-order chi connectivity index (χ0) is 16.2. The third-order valence-corrected chi connectivity index (χ3v) is 3.83. The van der Waals surface area contributed by atoms with Gasteiger partial charge in [-0.15, -0.1) is 0 Å². The number of phenolic OH excluding ortho intramolecular Hbond substituents is 1. The monoisotopic (exact) mass is 310 g/mol. The van der Waals surface area contributed by atoms with E-state index in [-0.39, 0.29) is 5.75 Å². The summed E-state index contributed by atoms with van der Waals surface area (Å²) in [6.45, 7) is 12.2. The number of phenols is 1. The SMILES string of the molecule is [C-]#[N+]c1ccccc1Oc1cc(N2CCOCC2)c(C)cc1O. The Morgan fingerprint density at radius 1 is 1.17 bits per heavy atom. The molecule has 1 fully saturated rings. The van der Waals surface area contributed by atoms with Crippen LogP contribution in [0.2, 0.25) is 0 Å². The maximum absolute atomic E-state index is 10.2. The van der Waals surface area contributed by atoms with Crippen LogP contribution in [-0.2, 0) is 4.74 Å². The van der Waals surface area contributed by atoms with Crippen LogP contribution in [0.15, 0.2) is 36.4 Å². The van der Waals surface area contributed by atoms with Crippen molar-refractivity contribution >= 4 is 11.4 Å². The molecule has 118 valence electrons. The van der Waals surface area contributed by atoms with Crippen molar-refractivity contribution in [3.05, 3.63) is 53.4 Å². The average Bonchev–Trinajstić information content (AvgIpc) is 2.58. The second kappa shape index (κ2) is 6.59. The molecule has 1 heterocycles. The molecular weight excluding hydrogens is 292 g/mol. The van der Waals surface area contributed by atoms with E-state index in [0.29, 0.717) is 30.4 Å². The molecular formula is C18H18N2O3. The van der Waals surface area contributed by atoms with E-state index in [1.54, 1.807) is 30.3 Å². The zero-order valence-corrected chi connectivity index (χ0v) is 13.0. The molecule has 2 aromatic rings. The largest absolute Gasteiger partial charge is 0.504 e. The van der Waals surface area contributed by atoms with E-state index in [2.05, 4.69) is 9.74 Å². The molecule has 3 rings (SSSR count). The lowest BCUT2D eigenvalue weighted by Crippen LogP contribution is -2.36. The molecule has 0 aromatic heterocycles. The summed E-state index contributed by atoms with van der Waals surface area (Å²) in [5, 5.41) is 10.2. The van der Waals surface area contributed by atoms with Gasteiger partial charge in [0.05, 0.1) is 19.8 Å². The van der Waals surface area contributed by atoms with E-state index in [1.165, 1.54) is 0 Å². The Morgan fingerprint density at radius 3 is 2.65 bits per heavy atom. The zero-order valence-electron chi connectivity index (χ0n) is 13.0. The molecule has 23 heavy (non-hydrogen) atoms. The first kappa shape index (κ1) is 15.2. The summed E-state index contributed by atoms with van der Waals surface area (Å²) in [6, 6.07) is 10.5. The van der Waals surface area contributed by atoms with Crippen molar-refractivity contribution in [1.29, 1.82) is 0 Å². The highest BCUT2D eigenvalue weighted by atomic mass is 16.5. The van der Waals surface area contributed by atoms with Crippen LogP contribution in [0.5, 0.6) is 17.2 Å². The molecule has 1 aliphatic heterocycles. The molecule has 1 saturated heterocycles. The van der Waals surface area contributed by atoms with Gasteiger partial charge in [0, 0.05) is 24.8 Å². The second-order valence-electron chi connectivity index (χ2n) is 5.39. The number of hydrogen-bond acceptors (Lipinski definition) is 4. The Balaban J connectivity index is 1.94. The summed E-state index contributed by atoms with van der Waals surface area (Å²) in [5.41, 5.74) is 2.41. The molecule has 0 bridgehead atoms. The summed E-state index contributed by atoms with van der Waals surface area (Å²) in [6.07, 6.45) is 0. The maximum atomic E-state index is 10.2. The first-order valence-corrected chi connectivity index (χ1v) is 7.49. The van der Waals surface area contributed by atoms with E-state index in [9.17, 15) is 5.11 Å². The van der Waals surface area contributed by atoms with Crippen molar-refractivity contribution in [2.45, 2.75) is 6.92 Å². The van der Waals surface area contributed by atoms with Gasteiger partial charge in [0.1, 0.15) is 5.75 Å². The van der Waals surface area contributed by atoms with Crippen LogP contribution >= 0.6 is 0 Å². The molecule has 2 aromatic carbocycles. The third kappa shape index (κ3) is 3.22. The number of ether oxygens (including phenoxy) is 2. The Bertz CT molecular complexity index is 746. The number of aromatic hydroxyl groups is 1. The van der Waals surface area contributed by atoms with Gasteiger partial charge < -0.3 is 19.5 Å². The molecule has 0 unspecified atom stereocenters. The molecule has 1 aliphatic rings. The number of benzene rings is 2. The van der Waals surface area contributed by atoms with Crippen LogP contribution in [0.4, 0.5) is 11.4 Å². The van der Waals surface area contributed by atoms with Gasteiger partial charge in [0.25, 0.3) is 0 Å². The van der Waals surface area contributed by atoms with E-state index in [1.807, 2.05) is 13.0 Å². The van der Waals surface area contributed by atoms with Crippen LogP contribution in [0.3, 0.4) is 0 Å². The molecule has 0 radical (unpaired) electrons. The normalized spacial score (nSPS) is 14.3. The highest BCUT2D eigenvalue weighted by Crippen LogP contribution is 2.39. The Kier molecular flexibility index (Phi) is 4.35. The predicted molar refractivity (Wildman–Crippen MR) is 88.7 cm³/mol. The lowest BCUT2D eigenvalue weighted by Gasteiger charge is -2.30. The van der Waals surface area contributed by atoms with Gasteiger partial charge in [-0.25, -0.2) is 4.85 Å². The number of morpholine rings is 1. The number of para-hydroxylation sites is 2. The van der Waals surface area contributed by atoms with Gasteiger partial charge in [-0.3, -0.25) is 0 Å². The highest BCUT2D eigenvalue weighted by Gasteiger charge is 2.17. The van der Waals surface area contributed by atoms with Crippen LogP contribution in [-0.4, -0.2) is 31.4 Å². The fraction of sp³-hybridized carbons (Fsp3) is 0.278. The summed E-state index contributed by atoms with van der Waals surface area (Å²) in [7, 11) is 0. The van der Waals surface area contributed by atoms with Gasteiger partial charge >= 0.3 is 0 Å². The number of rotatable bonds is 3. The smallest absolute Gasteiger partial charge is 0.228 e. The van der Waals surface area contributed by atoms with E-state index < -0.39 is 0 Å². The van der Waals surface area contributed by atoms with Crippen LogP contribution in [0.1, 0.15) is 5.56 Å². The van der Waals surface area contributed by atoms with Crippen molar-refractivity contribution < 1.29 is 14.6 Å². The second-order valence-corrected chi connectivity index (χ2v) is 5.39. The maximum Gasteiger partial charge on any atom is 0.228 e. The summed E-state index contributed by atoms with van der Waals surface area (Å²) >= 11 is 0. The van der Waals surface area contributed by atoms with Crippen molar-refractivity contribution in [1.82, 2.24) is 0 Å². The molecule has 1 N–H and O–H groups in total. The van der Waals surface area contributed by atoms with E-state index in [4.69, 9.17) is 16.0 Å². The first-order valence-electron chi connectivity index (χ1n) is 7.49. The van der Waals surface area contributed by atoms with Crippen molar-refractivity contribution in [3.8, 4) is 17.2 Å². The molecule has 0 spiro atoms. The predicted octanol–water partition coefficient (Wildman–Crippen LogP) is 3.88. The van der Waals surface area contributed by atoms with Crippen LogP contribution in [0.25, 0.3) is 4.85 Å². The number of hydrogen-bond donors (Lipinski definition) is 1. The molecule has 0 saturated carbocycles. The summed E-state index contributed by atoms with van der Waals surface area (Å²) in [5.74, 6) is 0.863. The van der Waals surface area contributed by atoms with Gasteiger partial charge in [-0.2, -0.15) is 0 Å². The van der Waals surface area contributed by atoms with E-state index in [0.717, 1.165) is 24.3 Å². The van der Waals surface area contributed by atoms with Crippen molar-refractivity contribution in [2.75, 3.05) is 31.2 Å². The van der Waals surface area contributed by atoms with Gasteiger partial charge in [0.2, 0.25) is 5.69 Å². The lowest BCUT2D eigenvalue weighted by atomic mass is 10.1. The first-order chi connectivity index (χ1) is 11.2. The minimum Gasteiger partial charge on any atom is -0.504 e. The van der Waals surface area contributed by atoms with Gasteiger partial charge in [-0.1, -0.05) is 18.2 Å². The summed E-state index contributed by atoms with van der Waals surface area (Å²) in [4.78, 5) is 5.66. The minimum atomic E-state index is 0.0688.